The molecule has 12 heteroatoms. The maximum Gasteiger partial charge on any atom is 0.456 e. The number of thiazole rings is 1. The van der Waals surface area contributed by atoms with Gasteiger partial charge in [0.2, 0.25) is 0 Å². The van der Waals surface area contributed by atoms with Crippen molar-refractivity contribution in [1.29, 1.82) is 0 Å². The Morgan fingerprint density at radius 1 is 1.16 bits per heavy atom. The maximum absolute atomic E-state index is 12.8. The normalized spacial score (nSPS) is 13.0. The van der Waals surface area contributed by atoms with Gasteiger partial charge < -0.3 is 4.74 Å². The van der Waals surface area contributed by atoms with Crippen molar-refractivity contribution in [3.63, 3.8) is 0 Å². The highest BCUT2D eigenvalue weighted by Gasteiger charge is 2.58. The van der Waals surface area contributed by atoms with Gasteiger partial charge in [0, 0.05) is 0 Å². The molecule has 2 aromatic rings. The average molecular weight is 402 g/mol. The third-order valence-corrected chi connectivity index (χ3v) is 6.20. The predicted molar refractivity (Wildman–Crippen MR) is 79.6 cm³/mol. The molecule has 0 bridgehead atoms. The van der Waals surface area contributed by atoms with E-state index < -0.39 is 28.5 Å². The number of alkyl halides is 5. The van der Waals surface area contributed by atoms with Crippen LogP contribution in [0, 0.1) is 0 Å². The van der Waals surface area contributed by atoms with Crippen LogP contribution in [0.3, 0.4) is 0 Å². The molecule has 0 unspecified atom stereocenters. The van der Waals surface area contributed by atoms with E-state index in [1.165, 1.54) is 18.5 Å². The van der Waals surface area contributed by atoms with Crippen LogP contribution >= 0.6 is 11.3 Å². The zero-order valence-electron chi connectivity index (χ0n) is 12.5. The van der Waals surface area contributed by atoms with Crippen LogP contribution in [0.25, 0.3) is 11.4 Å². The van der Waals surface area contributed by atoms with Crippen molar-refractivity contribution in [3.05, 3.63) is 23.8 Å². The Hall–Kier alpha value is -1.82. The van der Waals surface area contributed by atoms with Crippen LogP contribution in [-0.4, -0.2) is 42.8 Å². The van der Waals surface area contributed by atoms with Crippen molar-refractivity contribution in [2.45, 2.75) is 23.2 Å². The van der Waals surface area contributed by atoms with Crippen molar-refractivity contribution in [1.82, 2.24) is 9.97 Å². The number of sulfone groups is 1. The van der Waals surface area contributed by atoms with E-state index in [2.05, 4.69) is 14.7 Å². The highest BCUT2D eigenvalue weighted by molar-refractivity contribution is 7.93. The Balaban J connectivity index is 2.18. The van der Waals surface area contributed by atoms with Crippen molar-refractivity contribution in [3.8, 4) is 17.1 Å². The number of aromatic nitrogens is 2. The lowest BCUT2D eigenvalue weighted by Crippen LogP contribution is -2.41. The molecule has 2 rings (SSSR count). The fourth-order valence-electron chi connectivity index (χ4n) is 1.62. The van der Waals surface area contributed by atoms with E-state index in [0.29, 0.717) is 0 Å². The summed E-state index contributed by atoms with van der Waals surface area (Å²) in [7, 11) is -3.53. The van der Waals surface area contributed by atoms with E-state index in [9.17, 15) is 30.4 Å². The highest BCUT2D eigenvalue weighted by Crippen LogP contribution is 2.36. The van der Waals surface area contributed by atoms with Crippen LogP contribution in [0.15, 0.2) is 28.0 Å². The summed E-state index contributed by atoms with van der Waals surface area (Å²) in [6.45, 7) is -0.423. The first kappa shape index (κ1) is 19.5. The summed E-state index contributed by atoms with van der Waals surface area (Å²) in [5, 5.41) is 0. The highest BCUT2D eigenvalue weighted by atomic mass is 32.2. The van der Waals surface area contributed by atoms with E-state index in [0.717, 1.165) is 23.6 Å². The molecule has 0 N–H and O–H groups in total. The fraction of sp³-hybridized carbons (Fsp3) is 0.385. The molecule has 138 valence electrons. The number of hydrogen-bond acceptors (Lipinski definition) is 6. The molecule has 2 heterocycles. The number of pyridine rings is 1. The van der Waals surface area contributed by atoms with Gasteiger partial charge in [-0.1, -0.05) is 6.92 Å². The zero-order chi connectivity index (χ0) is 18.9. The van der Waals surface area contributed by atoms with Crippen LogP contribution in [-0.2, 0) is 9.84 Å². The molecule has 0 aromatic carbocycles. The first-order valence-electron chi connectivity index (χ1n) is 6.68. The second-order valence-electron chi connectivity index (χ2n) is 4.76. The van der Waals surface area contributed by atoms with Gasteiger partial charge in [-0.2, -0.15) is 22.0 Å². The Labute approximate surface area is 143 Å². The molecule has 0 saturated heterocycles. The minimum atomic E-state index is -5.72. The molecule has 0 saturated carbocycles. The largest absolute Gasteiger partial charge is 0.485 e. The van der Waals surface area contributed by atoms with Crippen LogP contribution in [0.1, 0.15) is 6.92 Å². The van der Waals surface area contributed by atoms with E-state index in [1.54, 1.807) is 0 Å². The summed E-state index contributed by atoms with van der Waals surface area (Å²) in [6, 6.07) is 2.33. The standard InChI is InChI=1S/C13H11F5N2O3S2/c1-2-25(21,22)11-10(20-7-24-11)9-4-3-8(5-19-9)23-6-12(14,15)13(16,17)18/h3-5,7H,2,6H2,1H3. The van der Waals surface area contributed by atoms with E-state index >= 15 is 0 Å². The Morgan fingerprint density at radius 3 is 2.36 bits per heavy atom. The predicted octanol–water partition coefficient (Wildman–Crippen LogP) is 3.58. The van der Waals surface area contributed by atoms with Gasteiger partial charge in [-0.15, -0.1) is 11.3 Å². The van der Waals surface area contributed by atoms with Crippen molar-refractivity contribution < 1.29 is 35.1 Å². The molecule has 0 aliphatic rings. The van der Waals surface area contributed by atoms with Gasteiger partial charge in [0.25, 0.3) is 0 Å². The van der Waals surface area contributed by atoms with Gasteiger partial charge in [-0.05, 0) is 12.1 Å². The molecule has 0 radical (unpaired) electrons. The topological polar surface area (TPSA) is 69.2 Å². The van der Waals surface area contributed by atoms with Crippen LogP contribution in [0.2, 0.25) is 0 Å². The number of halogens is 5. The lowest BCUT2D eigenvalue weighted by atomic mass is 10.3. The quantitative estimate of drug-likeness (QED) is 0.691. The first-order valence-corrected chi connectivity index (χ1v) is 9.21. The summed E-state index contributed by atoms with van der Waals surface area (Å²) in [5.74, 6) is -5.46. The third kappa shape index (κ3) is 4.24. The van der Waals surface area contributed by atoms with Gasteiger partial charge in [0.1, 0.15) is 15.7 Å². The monoisotopic (exact) mass is 402 g/mol. The Morgan fingerprint density at radius 2 is 1.84 bits per heavy atom. The summed E-state index contributed by atoms with van der Waals surface area (Å²) >= 11 is 0.902. The summed E-state index contributed by atoms with van der Waals surface area (Å²) in [4.78, 5) is 7.74. The second-order valence-corrected chi connectivity index (χ2v) is 8.09. The molecular weight excluding hydrogens is 391 g/mol. The summed E-state index contributed by atoms with van der Waals surface area (Å²) < 4.78 is 90.1. The Bertz CT molecular complexity index is 832. The van der Waals surface area contributed by atoms with Crippen molar-refractivity contribution >= 4 is 21.2 Å². The van der Waals surface area contributed by atoms with Crippen LogP contribution in [0.5, 0.6) is 5.75 Å². The fourth-order valence-corrected chi connectivity index (χ4v) is 3.93. The van der Waals surface area contributed by atoms with E-state index in [-0.39, 0.29) is 27.1 Å². The van der Waals surface area contributed by atoms with Crippen molar-refractivity contribution in [2.75, 3.05) is 12.4 Å². The molecular formula is C13H11F5N2O3S2. The number of nitrogens with zero attached hydrogens (tertiary/aromatic N) is 2. The lowest BCUT2D eigenvalue weighted by Gasteiger charge is -2.19. The third-order valence-electron chi connectivity index (χ3n) is 3.01. The van der Waals surface area contributed by atoms with Gasteiger partial charge in [-0.3, -0.25) is 4.98 Å². The number of ether oxygens (including phenoxy) is 1. The van der Waals surface area contributed by atoms with E-state index in [4.69, 9.17) is 0 Å². The lowest BCUT2D eigenvalue weighted by molar-refractivity contribution is -0.290. The second kappa shape index (κ2) is 6.83. The SMILES string of the molecule is CCS(=O)(=O)c1scnc1-c1ccc(OCC(F)(F)C(F)(F)F)cn1. The van der Waals surface area contributed by atoms with Gasteiger partial charge >= 0.3 is 12.1 Å². The first-order chi connectivity index (χ1) is 11.5. The van der Waals surface area contributed by atoms with Crippen LogP contribution < -0.4 is 4.74 Å². The van der Waals surface area contributed by atoms with E-state index in [1.807, 2.05) is 0 Å². The zero-order valence-corrected chi connectivity index (χ0v) is 14.2. The minimum absolute atomic E-state index is 0.000210. The molecule has 0 spiro atoms. The van der Waals surface area contributed by atoms with Gasteiger partial charge in [0.05, 0.1) is 23.2 Å². The van der Waals surface area contributed by atoms with Crippen LogP contribution in [0.4, 0.5) is 22.0 Å². The molecule has 0 fully saturated rings. The summed E-state index contributed by atoms with van der Waals surface area (Å²) in [6.07, 6.45) is -4.80. The molecule has 0 aliphatic carbocycles. The molecule has 5 nitrogen and oxygen atoms in total. The summed E-state index contributed by atoms with van der Waals surface area (Å²) in [5.41, 5.74) is 1.52. The molecule has 25 heavy (non-hydrogen) atoms. The molecule has 2 aromatic heterocycles. The van der Waals surface area contributed by atoms with Gasteiger partial charge in [0.15, 0.2) is 16.4 Å². The van der Waals surface area contributed by atoms with Crippen molar-refractivity contribution in [2.24, 2.45) is 0 Å². The molecule has 0 atom stereocenters. The number of rotatable bonds is 6. The molecule has 0 amide bonds. The molecule has 0 aliphatic heterocycles. The Kier molecular flexibility index (Phi) is 5.33. The minimum Gasteiger partial charge on any atom is -0.485 e. The number of hydrogen-bond donors (Lipinski definition) is 0. The smallest absolute Gasteiger partial charge is 0.456 e. The maximum atomic E-state index is 12.8. The van der Waals surface area contributed by atoms with Gasteiger partial charge in [-0.25, -0.2) is 13.4 Å². The average Bonchev–Trinajstić information content (AvgIpc) is 3.03.